The van der Waals surface area contributed by atoms with Crippen molar-refractivity contribution in [3.8, 4) is 28.7 Å². The standard InChI is InChI=1S/C29H38N4O8/c1-37-22-10-16(11-23(38-2)27(22)34)24-17-12-20-21(41-15-40-20)13-18(17)26(19-14-39-28(35)25(19)24)33-29(36)32-9-4-3-7-31-8-5-6-30/h10-13,19,24-26,31,34H,3-9,14-15,30H2,1-2H3,(H2,32,33,36)/t19-,24?,25-,26+/m0/s1. The molecule has 1 saturated heterocycles. The first-order valence-corrected chi connectivity index (χ1v) is 14.0. The smallest absolute Gasteiger partial charge is 0.315 e. The normalized spacial score (nSPS) is 22.0. The molecule has 3 aliphatic rings. The van der Waals surface area contributed by atoms with Crippen molar-refractivity contribution < 1.29 is 38.4 Å². The number of aromatic hydroxyl groups is 1. The summed E-state index contributed by atoms with van der Waals surface area (Å²) >= 11 is 0. The van der Waals surface area contributed by atoms with Crippen molar-refractivity contribution in [1.29, 1.82) is 0 Å². The van der Waals surface area contributed by atoms with Gasteiger partial charge in [0.1, 0.15) is 0 Å². The number of carbonyl (C=O) groups excluding carboxylic acids is 2. The van der Waals surface area contributed by atoms with Crippen molar-refractivity contribution >= 4 is 12.0 Å². The minimum Gasteiger partial charge on any atom is -0.502 e. The Morgan fingerprint density at radius 3 is 2.32 bits per heavy atom. The van der Waals surface area contributed by atoms with Crippen LogP contribution < -0.4 is 40.6 Å². The van der Waals surface area contributed by atoms with Crippen LogP contribution in [-0.4, -0.2) is 70.9 Å². The van der Waals surface area contributed by atoms with Gasteiger partial charge in [-0.1, -0.05) is 0 Å². The second kappa shape index (κ2) is 12.7. The van der Waals surface area contributed by atoms with Crippen molar-refractivity contribution in [3.05, 3.63) is 41.0 Å². The summed E-state index contributed by atoms with van der Waals surface area (Å²) in [6, 6.07) is 6.30. The van der Waals surface area contributed by atoms with E-state index in [1.54, 1.807) is 12.1 Å². The molecule has 2 heterocycles. The van der Waals surface area contributed by atoms with Gasteiger partial charge < -0.3 is 50.5 Å². The lowest BCUT2D eigenvalue weighted by Gasteiger charge is -2.39. The zero-order chi connectivity index (χ0) is 28.9. The molecule has 1 fully saturated rings. The van der Waals surface area contributed by atoms with E-state index in [0.717, 1.165) is 43.5 Å². The molecule has 0 bridgehead atoms. The van der Waals surface area contributed by atoms with Gasteiger partial charge in [0.05, 0.1) is 32.8 Å². The molecule has 5 rings (SSSR count). The van der Waals surface area contributed by atoms with E-state index in [-0.39, 0.29) is 48.6 Å². The third-order valence-corrected chi connectivity index (χ3v) is 7.96. The molecule has 2 aromatic rings. The van der Waals surface area contributed by atoms with Gasteiger partial charge in [-0.2, -0.15) is 0 Å². The molecule has 2 amide bonds. The highest BCUT2D eigenvalue weighted by atomic mass is 16.7. The maximum absolute atomic E-state index is 13.3. The van der Waals surface area contributed by atoms with E-state index in [0.29, 0.717) is 30.2 Å². The lowest BCUT2D eigenvalue weighted by molar-refractivity contribution is -0.141. The average molecular weight is 571 g/mol. The molecule has 1 unspecified atom stereocenters. The molecule has 1 aliphatic carbocycles. The number of hydrogen-bond acceptors (Lipinski definition) is 10. The summed E-state index contributed by atoms with van der Waals surface area (Å²) in [5, 5.41) is 19.9. The Bertz CT molecular complexity index is 1250. The lowest BCUT2D eigenvalue weighted by Crippen LogP contribution is -2.46. The Kier molecular flexibility index (Phi) is 8.89. The molecule has 222 valence electrons. The van der Waals surface area contributed by atoms with Gasteiger partial charge in [-0.3, -0.25) is 4.79 Å². The fourth-order valence-corrected chi connectivity index (χ4v) is 5.96. The zero-order valence-corrected chi connectivity index (χ0v) is 23.4. The summed E-state index contributed by atoms with van der Waals surface area (Å²) in [5.74, 6) is -0.345. The van der Waals surface area contributed by atoms with Gasteiger partial charge in [-0.25, -0.2) is 4.79 Å². The van der Waals surface area contributed by atoms with Crippen LogP contribution in [0.25, 0.3) is 0 Å². The van der Waals surface area contributed by atoms with E-state index in [1.165, 1.54) is 14.2 Å². The largest absolute Gasteiger partial charge is 0.502 e. The molecular weight excluding hydrogens is 532 g/mol. The molecule has 12 nitrogen and oxygen atoms in total. The van der Waals surface area contributed by atoms with Gasteiger partial charge in [-0.15, -0.1) is 0 Å². The van der Waals surface area contributed by atoms with Crippen LogP contribution in [0.15, 0.2) is 24.3 Å². The highest BCUT2D eigenvalue weighted by Gasteiger charge is 2.53. The number of ether oxygens (including phenoxy) is 5. The fourth-order valence-electron chi connectivity index (χ4n) is 5.96. The van der Waals surface area contributed by atoms with Crippen LogP contribution in [0, 0.1) is 11.8 Å². The lowest BCUT2D eigenvalue weighted by atomic mass is 9.65. The summed E-state index contributed by atoms with van der Waals surface area (Å²) in [6.07, 6.45) is 2.69. The molecule has 0 saturated carbocycles. The summed E-state index contributed by atoms with van der Waals surface area (Å²) in [6.45, 7) is 3.17. The second-order valence-corrected chi connectivity index (χ2v) is 10.4. The Morgan fingerprint density at radius 2 is 1.63 bits per heavy atom. The van der Waals surface area contributed by atoms with Crippen LogP contribution in [0.5, 0.6) is 28.7 Å². The number of unbranched alkanes of at least 4 members (excludes halogenated alkanes) is 1. The van der Waals surface area contributed by atoms with Crippen LogP contribution in [-0.2, 0) is 9.53 Å². The van der Waals surface area contributed by atoms with Crippen LogP contribution in [0.3, 0.4) is 0 Å². The number of amides is 2. The number of nitrogens with two attached hydrogens (primary N) is 1. The predicted molar refractivity (Wildman–Crippen MR) is 149 cm³/mol. The molecule has 0 aromatic heterocycles. The van der Waals surface area contributed by atoms with Crippen molar-refractivity contribution in [3.63, 3.8) is 0 Å². The third-order valence-electron chi connectivity index (χ3n) is 7.96. The highest BCUT2D eigenvalue weighted by Crippen LogP contribution is 2.55. The number of benzene rings is 2. The monoisotopic (exact) mass is 570 g/mol. The van der Waals surface area contributed by atoms with Gasteiger partial charge in [-0.05, 0) is 79.9 Å². The van der Waals surface area contributed by atoms with E-state index < -0.39 is 17.9 Å². The molecule has 0 spiro atoms. The fraction of sp³-hybridized carbons (Fsp3) is 0.517. The van der Waals surface area contributed by atoms with E-state index in [1.807, 2.05) is 12.1 Å². The molecular formula is C29H38N4O8. The van der Waals surface area contributed by atoms with Crippen molar-refractivity contribution in [2.45, 2.75) is 31.2 Å². The van der Waals surface area contributed by atoms with E-state index in [9.17, 15) is 14.7 Å². The summed E-state index contributed by atoms with van der Waals surface area (Å²) in [4.78, 5) is 26.3. The number of nitrogens with one attached hydrogen (secondary N) is 3. The van der Waals surface area contributed by atoms with Gasteiger partial charge in [0.15, 0.2) is 23.0 Å². The Hall–Kier alpha value is -3.90. The summed E-state index contributed by atoms with van der Waals surface area (Å²) in [7, 11) is 2.91. The first-order chi connectivity index (χ1) is 20.0. The number of methoxy groups -OCH3 is 2. The number of phenols is 1. The SMILES string of the molecule is COc1cc(C2c3cc4c(cc3[C@@H](NC(=O)NCCCCNCCCN)[C@H]3COC(=O)[C@H]23)OCO4)cc(OC)c1O. The zero-order valence-electron chi connectivity index (χ0n) is 23.4. The van der Waals surface area contributed by atoms with E-state index in [4.69, 9.17) is 29.4 Å². The van der Waals surface area contributed by atoms with E-state index in [2.05, 4.69) is 16.0 Å². The topological polar surface area (TPSA) is 163 Å². The molecule has 4 atom stereocenters. The quantitative estimate of drug-likeness (QED) is 0.189. The number of urea groups is 1. The predicted octanol–water partition coefficient (Wildman–Crippen LogP) is 2.13. The van der Waals surface area contributed by atoms with E-state index >= 15 is 0 Å². The minimum absolute atomic E-state index is 0.0817. The van der Waals surface area contributed by atoms with Crippen molar-refractivity contribution in [2.24, 2.45) is 17.6 Å². The number of hydrogen-bond donors (Lipinski definition) is 5. The first kappa shape index (κ1) is 28.6. The van der Waals surface area contributed by atoms with Crippen molar-refractivity contribution in [2.75, 3.05) is 53.8 Å². The number of fused-ring (bicyclic) bond motifs is 3. The minimum atomic E-state index is -0.605. The van der Waals surface area contributed by atoms with Crippen LogP contribution in [0.1, 0.15) is 47.9 Å². The van der Waals surface area contributed by atoms with Crippen LogP contribution >= 0.6 is 0 Å². The molecule has 2 aliphatic heterocycles. The first-order valence-electron chi connectivity index (χ1n) is 14.0. The Balaban J connectivity index is 1.42. The maximum Gasteiger partial charge on any atom is 0.315 e. The van der Waals surface area contributed by atoms with Crippen LogP contribution in [0.4, 0.5) is 4.79 Å². The van der Waals surface area contributed by atoms with Gasteiger partial charge >= 0.3 is 12.0 Å². The Labute approximate surface area is 238 Å². The molecule has 0 radical (unpaired) electrons. The number of cyclic esters (lactones) is 1. The number of phenolic OH excluding ortho intramolecular Hbond substituents is 1. The summed E-state index contributed by atoms with van der Waals surface area (Å²) in [5.41, 5.74) is 7.81. The van der Waals surface area contributed by atoms with Crippen LogP contribution in [0.2, 0.25) is 0 Å². The average Bonchev–Trinajstić information content (AvgIpc) is 3.60. The molecule has 2 aromatic carbocycles. The highest BCUT2D eigenvalue weighted by molar-refractivity contribution is 5.80. The number of rotatable bonds is 12. The van der Waals surface area contributed by atoms with Gasteiger partial charge in [0, 0.05) is 18.4 Å². The Morgan fingerprint density at radius 1 is 0.976 bits per heavy atom. The van der Waals surface area contributed by atoms with Gasteiger partial charge in [0.25, 0.3) is 0 Å². The third kappa shape index (κ3) is 5.80. The van der Waals surface area contributed by atoms with Gasteiger partial charge in [0.2, 0.25) is 12.5 Å². The molecule has 12 heteroatoms. The second-order valence-electron chi connectivity index (χ2n) is 10.4. The number of esters is 1. The maximum atomic E-state index is 13.3. The molecule has 41 heavy (non-hydrogen) atoms. The summed E-state index contributed by atoms with van der Waals surface area (Å²) < 4.78 is 27.8. The number of carbonyl (C=O) groups is 2. The van der Waals surface area contributed by atoms with Crippen molar-refractivity contribution in [1.82, 2.24) is 16.0 Å². The molecule has 6 N–H and O–H groups in total.